The maximum Gasteiger partial charge on any atom is 0.195 e. The Hall–Kier alpha value is -4.19. The lowest BCUT2D eigenvalue weighted by molar-refractivity contribution is 0.671. The minimum atomic E-state index is 0.910. The summed E-state index contributed by atoms with van der Waals surface area (Å²) >= 11 is 3.58. The molecule has 0 aliphatic heterocycles. The van der Waals surface area contributed by atoms with E-state index in [1.807, 2.05) is 23.5 Å². The van der Waals surface area contributed by atoms with Crippen LogP contribution in [-0.2, 0) is 0 Å². The van der Waals surface area contributed by atoms with Crippen LogP contribution in [0.4, 0.5) is 0 Å². The average molecular weight is 497 g/mol. The third-order valence-electron chi connectivity index (χ3n) is 7.26. The van der Waals surface area contributed by atoms with E-state index in [-0.39, 0.29) is 0 Å². The van der Waals surface area contributed by atoms with Crippen molar-refractivity contribution in [2.45, 2.75) is 0 Å². The molecule has 0 saturated heterocycles. The van der Waals surface area contributed by atoms with Gasteiger partial charge in [0.25, 0.3) is 0 Å². The van der Waals surface area contributed by atoms with E-state index in [0.29, 0.717) is 0 Å². The lowest BCUT2D eigenvalue weighted by Gasteiger charge is -2.03. The fourth-order valence-electron chi connectivity index (χ4n) is 5.71. The molecule has 0 radical (unpaired) electrons. The fourth-order valence-corrected chi connectivity index (χ4v) is 7.82. The molecule has 0 N–H and O–H groups in total. The molecule has 4 aromatic heterocycles. The number of rotatable bonds is 1. The van der Waals surface area contributed by atoms with Crippen molar-refractivity contribution < 1.29 is 4.42 Å². The Morgan fingerprint density at radius 2 is 1.33 bits per heavy atom. The molecule has 0 aliphatic rings. The maximum atomic E-state index is 6.50. The Kier molecular flexibility index (Phi) is 3.56. The van der Waals surface area contributed by atoms with E-state index < -0.39 is 0 Å². The van der Waals surface area contributed by atoms with Crippen LogP contribution in [0.3, 0.4) is 0 Å². The molecule has 9 aromatic rings. The van der Waals surface area contributed by atoms with Crippen molar-refractivity contribution in [1.29, 1.82) is 0 Å². The van der Waals surface area contributed by atoms with Crippen LogP contribution in [0.1, 0.15) is 0 Å². The molecule has 0 saturated carbocycles. The van der Waals surface area contributed by atoms with Gasteiger partial charge in [0.2, 0.25) is 0 Å². The van der Waals surface area contributed by atoms with Gasteiger partial charge in [0, 0.05) is 41.7 Å². The molecule has 36 heavy (non-hydrogen) atoms. The zero-order valence-corrected chi connectivity index (χ0v) is 20.5. The predicted molar refractivity (Wildman–Crippen MR) is 154 cm³/mol. The van der Waals surface area contributed by atoms with Gasteiger partial charge in [0.15, 0.2) is 10.7 Å². The quantitative estimate of drug-likeness (QED) is 0.226. The minimum Gasteiger partial charge on any atom is -0.454 e. The highest BCUT2D eigenvalue weighted by atomic mass is 32.1. The first-order valence-electron chi connectivity index (χ1n) is 11.9. The van der Waals surface area contributed by atoms with Gasteiger partial charge in [-0.15, -0.1) is 11.3 Å². The zero-order chi connectivity index (χ0) is 23.4. The van der Waals surface area contributed by atoms with E-state index >= 15 is 0 Å². The Bertz CT molecular complexity index is 2330. The van der Waals surface area contributed by atoms with Gasteiger partial charge >= 0.3 is 0 Å². The van der Waals surface area contributed by atoms with Crippen LogP contribution < -0.4 is 0 Å². The zero-order valence-electron chi connectivity index (χ0n) is 18.9. The molecule has 0 atom stereocenters. The number of nitrogens with zero attached hydrogens (tertiary/aromatic N) is 2. The van der Waals surface area contributed by atoms with Gasteiger partial charge in [-0.3, -0.25) is 4.57 Å². The number of fused-ring (bicyclic) bond motifs is 12. The summed E-state index contributed by atoms with van der Waals surface area (Å²) in [6.45, 7) is 0. The number of aromatic nitrogens is 2. The normalized spacial score (nSPS) is 12.4. The van der Waals surface area contributed by atoms with Crippen molar-refractivity contribution >= 4 is 96.8 Å². The Morgan fingerprint density at radius 1 is 0.583 bits per heavy atom. The fraction of sp³-hybridized carbons (Fsp3) is 0. The summed E-state index contributed by atoms with van der Waals surface area (Å²) in [5.74, 6) is 0. The molecule has 168 valence electrons. The van der Waals surface area contributed by atoms with Crippen molar-refractivity contribution in [3.05, 3.63) is 97.1 Å². The average Bonchev–Trinajstić information content (AvgIpc) is 3.67. The van der Waals surface area contributed by atoms with Crippen LogP contribution in [0.25, 0.3) is 79.3 Å². The summed E-state index contributed by atoms with van der Waals surface area (Å²) in [5.41, 5.74) is 5.12. The number of hydrogen-bond acceptors (Lipinski definition) is 4. The van der Waals surface area contributed by atoms with Gasteiger partial charge in [-0.1, -0.05) is 72.0 Å². The summed E-state index contributed by atoms with van der Waals surface area (Å²) < 4.78 is 12.6. The van der Waals surface area contributed by atoms with Crippen molar-refractivity contribution in [3.8, 4) is 5.13 Å². The first-order valence-corrected chi connectivity index (χ1v) is 13.5. The summed E-state index contributed by atoms with van der Waals surface area (Å²) in [6, 6.07) is 34.4. The van der Waals surface area contributed by atoms with Gasteiger partial charge in [0.05, 0.1) is 21.3 Å². The molecule has 0 fully saturated rings. The van der Waals surface area contributed by atoms with E-state index in [2.05, 4.69) is 89.5 Å². The first kappa shape index (κ1) is 19.1. The standard InChI is InChI=1S/C31H16N2OS2/c1-4-10-22-17(7-1)19-13-14-20-18-8-2-5-11-23(18)34-30(20)29(19)33(22)31-32-28-26(36-31)16-15-25-27(28)21-9-3-6-12-24(21)35-25/h1-16H. The molecule has 0 unspecified atom stereocenters. The molecule has 3 nitrogen and oxygen atoms in total. The maximum absolute atomic E-state index is 6.50. The second kappa shape index (κ2) is 6.72. The molecule has 0 spiro atoms. The Morgan fingerprint density at radius 3 is 2.28 bits per heavy atom. The van der Waals surface area contributed by atoms with E-state index in [9.17, 15) is 0 Å². The molecule has 0 aliphatic carbocycles. The van der Waals surface area contributed by atoms with Crippen molar-refractivity contribution in [1.82, 2.24) is 9.55 Å². The van der Waals surface area contributed by atoms with E-state index in [4.69, 9.17) is 9.40 Å². The molecular formula is C31H16N2OS2. The third-order valence-corrected chi connectivity index (χ3v) is 9.40. The topological polar surface area (TPSA) is 31.0 Å². The van der Waals surface area contributed by atoms with Crippen molar-refractivity contribution in [3.63, 3.8) is 0 Å². The summed E-state index contributed by atoms with van der Waals surface area (Å²) in [7, 11) is 0. The molecule has 4 heterocycles. The van der Waals surface area contributed by atoms with Crippen LogP contribution in [-0.4, -0.2) is 9.55 Å². The van der Waals surface area contributed by atoms with Gasteiger partial charge < -0.3 is 4.42 Å². The highest BCUT2D eigenvalue weighted by Gasteiger charge is 2.21. The third kappa shape index (κ3) is 2.34. The van der Waals surface area contributed by atoms with E-state index in [0.717, 1.165) is 43.6 Å². The lowest BCUT2D eigenvalue weighted by Crippen LogP contribution is -1.92. The summed E-state index contributed by atoms with van der Waals surface area (Å²) in [5, 5.41) is 8.17. The summed E-state index contributed by atoms with van der Waals surface area (Å²) in [4.78, 5) is 5.31. The Labute approximate surface area is 212 Å². The van der Waals surface area contributed by atoms with Gasteiger partial charge in [-0.2, -0.15) is 0 Å². The highest BCUT2D eigenvalue weighted by molar-refractivity contribution is 7.26. The smallest absolute Gasteiger partial charge is 0.195 e. The predicted octanol–water partition coefficient (Wildman–Crippen LogP) is 9.66. The Balaban J connectivity index is 1.47. The van der Waals surface area contributed by atoms with Crippen LogP contribution in [0.5, 0.6) is 0 Å². The second-order valence-electron chi connectivity index (χ2n) is 9.17. The second-order valence-corrected chi connectivity index (χ2v) is 11.3. The van der Waals surface area contributed by atoms with Crippen LogP contribution in [0.2, 0.25) is 0 Å². The SMILES string of the molecule is c1ccc2c(c1)oc1c2ccc2c3ccccc3n(-c3nc4c(ccc5sc6ccccc6c54)s3)c21. The molecular weight excluding hydrogens is 480 g/mol. The van der Waals surface area contributed by atoms with Crippen molar-refractivity contribution in [2.75, 3.05) is 0 Å². The number of furan rings is 1. The largest absolute Gasteiger partial charge is 0.454 e. The number of para-hydroxylation sites is 2. The number of hydrogen-bond donors (Lipinski definition) is 0. The van der Waals surface area contributed by atoms with Gasteiger partial charge in [-0.25, -0.2) is 4.98 Å². The minimum absolute atomic E-state index is 0.910. The molecule has 9 rings (SSSR count). The molecule has 5 aromatic carbocycles. The highest BCUT2D eigenvalue weighted by Crippen LogP contribution is 2.44. The van der Waals surface area contributed by atoms with E-state index in [1.165, 1.54) is 35.6 Å². The number of benzene rings is 5. The molecule has 0 amide bonds. The number of thiophene rings is 1. The van der Waals surface area contributed by atoms with Gasteiger partial charge in [-0.05, 0) is 36.4 Å². The molecule has 0 bridgehead atoms. The summed E-state index contributed by atoms with van der Waals surface area (Å²) in [6.07, 6.45) is 0. The lowest BCUT2D eigenvalue weighted by atomic mass is 10.1. The van der Waals surface area contributed by atoms with Crippen LogP contribution in [0.15, 0.2) is 101 Å². The van der Waals surface area contributed by atoms with Crippen molar-refractivity contribution in [2.24, 2.45) is 0 Å². The first-order chi connectivity index (χ1) is 17.8. The van der Waals surface area contributed by atoms with E-state index in [1.54, 1.807) is 11.3 Å². The van der Waals surface area contributed by atoms with Crippen LogP contribution in [0, 0.1) is 0 Å². The molecule has 5 heteroatoms. The van der Waals surface area contributed by atoms with Gasteiger partial charge in [0.1, 0.15) is 5.58 Å². The monoisotopic (exact) mass is 496 g/mol. The van der Waals surface area contributed by atoms with Crippen LogP contribution >= 0.6 is 22.7 Å². The number of thiazole rings is 1.